The molecular formula is C13H14N2O4. The fraction of sp³-hybridized carbons (Fsp3) is 0.308. The van der Waals surface area contributed by atoms with Crippen LogP contribution in [0.2, 0.25) is 0 Å². The molecule has 1 aromatic carbocycles. The third kappa shape index (κ3) is 3.71. The Morgan fingerprint density at radius 2 is 2.32 bits per heavy atom. The number of carboxylic acids is 1. The number of nitrogens with one attached hydrogen (secondary N) is 1. The summed E-state index contributed by atoms with van der Waals surface area (Å²) in [6.45, 7) is 1.97. The lowest BCUT2D eigenvalue weighted by Gasteiger charge is -2.13. The topological polar surface area (TPSA) is 92.5 Å². The monoisotopic (exact) mass is 262 g/mol. The maximum absolute atomic E-state index is 10.9. The molecule has 0 aliphatic carbocycles. The van der Waals surface area contributed by atoms with Crippen molar-refractivity contribution in [1.82, 2.24) is 0 Å². The maximum Gasteiger partial charge on any atom is 0.342 e. The number of aromatic carboxylic acids is 1. The van der Waals surface area contributed by atoms with Crippen LogP contribution in [-0.2, 0) is 0 Å². The van der Waals surface area contributed by atoms with E-state index in [-0.39, 0.29) is 11.6 Å². The largest absolute Gasteiger partial charge is 0.477 e. The van der Waals surface area contributed by atoms with Gasteiger partial charge in [0.25, 0.3) is 5.69 Å². The minimum Gasteiger partial charge on any atom is -0.477 e. The van der Waals surface area contributed by atoms with Gasteiger partial charge in [-0.3, -0.25) is 10.1 Å². The van der Waals surface area contributed by atoms with E-state index in [4.69, 9.17) is 11.5 Å². The van der Waals surface area contributed by atoms with Crippen molar-refractivity contribution >= 4 is 17.3 Å². The molecule has 1 atom stereocenters. The van der Waals surface area contributed by atoms with E-state index in [9.17, 15) is 14.9 Å². The molecule has 0 aliphatic rings. The van der Waals surface area contributed by atoms with E-state index in [1.54, 1.807) is 0 Å². The highest BCUT2D eigenvalue weighted by Crippen LogP contribution is 2.24. The summed E-state index contributed by atoms with van der Waals surface area (Å²) < 4.78 is 0. The van der Waals surface area contributed by atoms with Crippen LogP contribution >= 0.6 is 0 Å². The number of nitrogens with zero attached hydrogens (tertiary/aromatic N) is 1. The first-order chi connectivity index (χ1) is 8.99. The van der Waals surface area contributed by atoms with E-state index < -0.39 is 16.6 Å². The standard InChI is InChI=1S/C13H14N2O4/c1-3-5-9(4-2)14-10-6-7-11(13(16)17)12(8-10)15(18)19/h2,6-9,14H,3,5H2,1H3,(H,16,17). The van der Waals surface area contributed by atoms with E-state index in [1.165, 1.54) is 18.2 Å². The fourth-order valence-electron chi connectivity index (χ4n) is 1.64. The lowest BCUT2D eigenvalue weighted by molar-refractivity contribution is -0.385. The van der Waals surface area contributed by atoms with E-state index in [0.29, 0.717) is 5.69 Å². The smallest absolute Gasteiger partial charge is 0.342 e. The molecule has 2 N–H and O–H groups in total. The van der Waals surface area contributed by atoms with Crippen molar-refractivity contribution in [2.45, 2.75) is 25.8 Å². The highest BCUT2D eigenvalue weighted by atomic mass is 16.6. The molecule has 6 heteroatoms. The van der Waals surface area contributed by atoms with Crippen molar-refractivity contribution in [3.05, 3.63) is 33.9 Å². The molecule has 0 spiro atoms. The molecule has 0 radical (unpaired) electrons. The summed E-state index contributed by atoms with van der Waals surface area (Å²) in [6, 6.07) is 3.61. The molecule has 1 unspecified atom stereocenters. The average molecular weight is 262 g/mol. The van der Waals surface area contributed by atoms with Gasteiger partial charge in [-0.25, -0.2) is 4.79 Å². The van der Waals surface area contributed by atoms with Gasteiger partial charge in [-0.15, -0.1) is 6.42 Å². The van der Waals surface area contributed by atoms with Gasteiger partial charge in [-0.2, -0.15) is 0 Å². The van der Waals surface area contributed by atoms with Gasteiger partial charge in [0.1, 0.15) is 5.56 Å². The quantitative estimate of drug-likeness (QED) is 0.467. The van der Waals surface area contributed by atoms with E-state index in [1.807, 2.05) is 6.92 Å². The van der Waals surface area contributed by atoms with E-state index >= 15 is 0 Å². The van der Waals surface area contributed by atoms with Crippen LogP contribution in [0.1, 0.15) is 30.1 Å². The van der Waals surface area contributed by atoms with Crippen molar-refractivity contribution in [1.29, 1.82) is 0 Å². The van der Waals surface area contributed by atoms with Gasteiger partial charge >= 0.3 is 5.97 Å². The summed E-state index contributed by atoms with van der Waals surface area (Å²) in [7, 11) is 0. The van der Waals surface area contributed by atoms with Crippen LogP contribution in [0.3, 0.4) is 0 Å². The molecule has 6 nitrogen and oxygen atoms in total. The van der Waals surface area contributed by atoms with Gasteiger partial charge in [0, 0.05) is 11.8 Å². The van der Waals surface area contributed by atoms with Crippen LogP contribution in [0.5, 0.6) is 0 Å². The average Bonchev–Trinajstić information content (AvgIpc) is 2.37. The number of nitro benzene ring substituents is 1. The predicted octanol–water partition coefficient (Wildman–Crippen LogP) is 2.51. The predicted molar refractivity (Wildman–Crippen MR) is 71.2 cm³/mol. The Kier molecular flexibility index (Phi) is 4.89. The second-order valence-corrected chi connectivity index (χ2v) is 3.95. The van der Waals surface area contributed by atoms with Crippen molar-refractivity contribution in [2.24, 2.45) is 0 Å². The zero-order chi connectivity index (χ0) is 14.4. The number of carboxylic acid groups (broad SMARTS) is 1. The molecule has 0 aliphatic heterocycles. The minimum atomic E-state index is -1.33. The normalized spacial score (nSPS) is 11.4. The number of hydrogen-bond acceptors (Lipinski definition) is 4. The summed E-state index contributed by atoms with van der Waals surface area (Å²) in [5.41, 5.74) is -0.360. The SMILES string of the molecule is C#CC(CCC)Nc1ccc(C(=O)O)c([N+](=O)[O-])c1. The Hall–Kier alpha value is -2.55. The Labute approximate surface area is 110 Å². The van der Waals surface area contributed by atoms with Crippen LogP contribution in [0.4, 0.5) is 11.4 Å². The molecule has 1 rings (SSSR count). The van der Waals surface area contributed by atoms with Crippen molar-refractivity contribution < 1.29 is 14.8 Å². The first-order valence-corrected chi connectivity index (χ1v) is 5.74. The Morgan fingerprint density at radius 1 is 1.63 bits per heavy atom. The van der Waals surface area contributed by atoms with Crippen molar-refractivity contribution in [3.63, 3.8) is 0 Å². The molecular weight excluding hydrogens is 248 g/mol. The number of benzene rings is 1. The summed E-state index contributed by atoms with van der Waals surface area (Å²) in [6.07, 6.45) is 6.94. The Balaban J connectivity index is 3.06. The van der Waals surface area contributed by atoms with Crippen LogP contribution in [0.25, 0.3) is 0 Å². The number of carbonyl (C=O) groups is 1. The molecule has 0 heterocycles. The van der Waals surface area contributed by atoms with Gasteiger partial charge < -0.3 is 10.4 Å². The summed E-state index contributed by atoms with van der Waals surface area (Å²) in [5.74, 6) is 1.21. The van der Waals surface area contributed by atoms with Gasteiger partial charge in [0.2, 0.25) is 0 Å². The number of terminal acetylenes is 1. The number of hydrogen-bond donors (Lipinski definition) is 2. The second kappa shape index (κ2) is 6.40. The Morgan fingerprint density at radius 3 is 2.79 bits per heavy atom. The van der Waals surface area contributed by atoms with E-state index in [2.05, 4.69) is 11.2 Å². The molecule has 19 heavy (non-hydrogen) atoms. The highest BCUT2D eigenvalue weighted by Gasteiger charge is 2.20. The van der Waals surface area contributed by atoms with Gasteiger partial charge in [0.15, 0.2) is 0 Å². The van der Waals surface area contributed by atoms with Crippen LogP contribution in [-0.4, -0.2) is 22.0 Å². The van der Waals surface area contributed by atoms with Gasteiger partial charge in [0.05, 0.1) is 11.0 Å². The number of rotatable bonds is 6. The summed E-state index contributed by atoms with van der Waals surface area (Å²) in [4.78, 5) is 21.0. The van der Waals surface area contributed by atoms with Crippen LogP contribution < -0.4 is 5.32 Å². The lowest BCUT2D eigenvalue weighted by atomic mass is 10.1. The van der Waals surface area contributed by atoms with Crippen molar-refractivity contribution in [2.75, 3.05) is 5.32 Å². The highest BCUT2D eigenvalue weighted by molar-refractivity contribution is 5.93. The third-order valence-corrected chi connectivity index (χ3v) is 2.54. The molecule has 0 amide bonds. The summed E-state index contributed by atoms with van der Waals surface area (Å²) in [5, 5.41) is 22.7. The van der Waals surface area contributed by atoms with Crippen LogP contribution in [0, 0.1) is 22.5 Å². The van der Waals surface area contributed by atoms with Crippen molar-refractivity contribution in [3.8, 4) is 12.3 Å². The van der Waals surface area contributed by atoms with Crippen LogP contribution in [0.15, 0.2) is 18.2 Å². The van der Waals surface area contributed by atoms with Gasteiger partial charge in [-0.1, -0.05) is 19.3 Å². The fourth-order valence-corrected chi connectivity index (χ4v) is 1.64. The first kappa shape index (κ1) is 14.5. The maximum atomic E-state index is 10.9. The third-order valence-electron chi connectivity index (χ3n) is 2.54. The number of nitro groups is 1. The Bertz CT molecular complexity index is 534. The second-order valence-electron chi connectivity index (χ2n) is 3.95. The summed E-state index contributed by atoms with van der Waals surface area (Å²) >= 11 is 0. The molecule has 0 fully saturated rings. The number of anilines is 1. The van der Waals surface area contributed by atoms with E-state index in [0.717, 1.165) is 12.8 Å². The lowest BCUT2D eigenvalue weighted by Crippen LogP contribution is -2.17. The minimum absolute atomic E-state index is 0.236. The zero-order valence-corrected chi connectivity index (χ0v) is 10.4. The van der Waals surface area contributed by atoms with Gasteiger partial charge in [-0.05, 0) is 18.6 Å². The molecule has 0 aromatic heterocycles. The molecule has 0 bridgehead atoms. The molecule has 1 aromatic rings. The molecule has 0 saturated carbocycles. The zero-order valence-electron chi connectivity index (χ0n) is 10.4. The molecule has 100 valence electrons. The first-order valence-electron chi connectivity index (χ1n) is 5.74. The molecule has 0 saturated heterocycles.